The van der Waals surface area contributed by atoms with Gasteiger partial charge in [0.2, 0.25) is 11.0 Å². The molecule has 1 heterocycles. The molecule has 0 saturated heterocycles. The molecular weight excluding hydrogens is 281 g/mol. The molecule has 0 aliphatic rings. The van der Waals surface area contributed by atoms with Gasteiger partial charge in [-0.05, 0) is 13.0 Å². The Kier molecular flexibility index (Phi) is 3.06. The van der Waals surface area contributed by atoms with Crippen LogP contribution >= 0.6 is 11.3 Å². The number of benzene rings is 1. The van der Waals surface area contributed by atoms with Crippen molar-refractivity contribution >= 4 is 21.6 Å². The number of thiazole rings is 1. The zero-order chi connectivity index (χ0) is 7.84. The van der Waals surface area contributed by atoms with Gasteiger partial charge in [0.15, 0.2) is 0 Å². The SMILES string of the molecule is Cc1cccc2sc[n+](C)c12.[I-]. The van der Waals surface area contributed by atoms with Crippen molar-refractivity contribution in [1.82, 2.24) is 0 Å². The summed E-state index contributed by atoms with van der Waals surface area (Å²) in [6, 6.07) is 6.41. The molecule has 2 rings (SSSR count). The first-order chi connectivity index (χ1) is 5.29. The largest absolute Gasteiger partial charge is 1.00 e. The molecule has 0 aliphatic heterocycles. The minimum Gasteiger partial charge on any atom is -1.00 e. The average molecular weight is 291 g/mol. The summed E-state index contributed by atoms with van der Waals surface area (Å²) in [5, 5.41) is 0. The monoisotopic (exact) mass is 291 g/mol. The van der Waals surface area contributed by atoms with E-state index in [4.69, 9.17) is 0 Å². The lowest BCUT2D eigenvalue weighted by Gasteiger charge is -1.89. The Bertz CT molecular complexity index is 394. The molecule has 0 N–H and O–H groups in total. The predicted molar refractivity (Wildman–Crippen MR) is 47.7 cm³/mol. The zero-order valence-electron chi connectivity index (χ0n) is 7.04. The first-order valence-electron chi connectivity index (χ1n) is 3.61. The smallest absolute Gasteiger partial charge is 0.226 e. The van der Waals surface area contributed by atoms with E-state index in [9.17, 15) is 0 Å². The van der Waals surface area contributed by atoms with E-state index in [-0.39, 0.29) is 24.0 Å². The predicted octanol–water partition coefficient (Wildman–Crippen LogP) is -0.962. The summed E-state index contributed by atoms with van der Waals surface area (Å²) < 4.78 is 3.54. The summed E-state index contributed by atoms with van der Waals surface area (Å²) in [5.74, 6) is 0. The van der Waals surface area contributed by atoms with E-state index in [0.717, 1.165) is 0 Å². The van der Waals surface area contributed by atoms with Gasteiger partial charge in [-0.3, -0.25) is 0 Å². The third-order valence-corrected chi connectivity index (χ3v) is 2.90. The highest BCUT2D eigenvalue weighted by atomic mass is 127. The van der Waals surface area contributed by atoms with Crippen LogP contribution in [0, 0.1) is 6.92 Å². The molecule has 1 aromatic carbocycles. The zero-order valence-corrected chi connectivity index (χ0v) is 10.0. The highest BCUT2D eigenvalue weighted by Gasteiger charge is 2.08. The Balaban J connectivity index is 0.000000720. The number of halogens is 1. The van der Waals surface area contributed by atoms with Crippen LogP contribution in [0.2, 0.25) is 0 Å². The molecule has 0 fully saturated rings. The Morgan fingerprint density at radius 1 is 1.33 bits per heavy atom. The third-order valence-electron chi connectivity index (χ3n) is 1.89. The molecule has 1 aromatic heterocycles. The van der Waals surface area contributed by atoms with E-state index in [2.05, 4.69) is 42.2 Å². The number of para-hydroxylation sites is 1. The summed E-state index contributed by atoms with van der Waals surface area (Å²) >= 11 is 1.79. The van der Waals surface area contributed by atoms with Crippen molar-refractivity contribution in [2.45, 2.75) is 6.92 Å². The van der Waals surface area contributed by atoms with Gasteiger partial charge < -0.3 is 24.0 Å². The molecule has 0 saturated carbocycles. The molecule has 2 aromatic rings. The van der Waals surface area contributed by atoms with Gasteiger partial charge in [0.25, 0.3) is 0 Å². The van der Waals surface area contributed by atoms with Crippen LogP contribution in [0.4, 0.5) is 0 Å². The molecule has 0 unspecified atom stereocenters. The second-order valence-electron chi connectivity index (χ2n) is 2.76. The highest BCUT2D eigenvalue weighted by Crippen LogP contribution is 2.18. The number of aromatic nitrogens is 1. The molecular formula is C9H10INS. The number of rotatable bonds is 0. The van der Waals surface area contributed by atoms with Crippen molar-refractivity contribution in [2.75, 3.05) is 0 Å². The first kappa shape index (κ1) is 9.92. The summed E-state index contributed by atoms with van der Waals surface area (Å²) in [7, 11) is 2.09. The molecule has 0 radical (unpaired) electrons. The standard InChI is InChI=1S/C9H10NS.HI/c1-7-4-3-5-8-9(7)10(2)6-11-8;/h3-6H,1-2H3;1H/q+1;/p-1. The van der Waals surface area contributed by atoms with E-state index < -0.39 is 0 Å². The van der Waals surface area contributed by atoms with Crippen molar-refractivity contribution in [2.24, 2.45) is 7.05 Å². The molecule has 0 spiro atoms. The lowest BCUT2D eigenvalue weighted by atomic mass is 10.2. The number of hydrogen-bond donors (Lipinski definition) is 0. The Morgan fingerprint density at radius 3 is 2.75 bits per heavy atom. The van der Waals surface area contributed by atoms with E-state index in [1.165, 1.54) is 15.8 Å². The van der Waals surface area contributed by atoms with Crippen molar-refractivity contribution in [1.29, 1.82) is 0 Å². The summed E-state index contributed by atoms with van der Waals surface area (Å²) in [4.78, 5) is 0. The molecule has 0 amide bonds. The van der Waals surface area contributed by atoms with Gasteiger partial charge in [0.1, 0.15) is 11.7 Å². The number of nitrogens with zero attached hydrogens (tertiary/aromatic N) is 1. The second-order valence-corrected chi connectivity index (χ2v) is 3.64. The number of aryl methyl sites for hydroxylation is 2. The van der Waals surface area contributed by atoms with Crippen LogP contribution in [0.15, 0.2) is 23.7 Å². The van der Waals surface area contributed by atoms with Crippen molar-refractivity contribution < 1.29 is 28.5 Å². The normalized spacial score (nSPS) is 9.83. The van der Waals surface area contributed by atoms with Crippen molar-refractivity contribution in [3.05, 3.63) is 29.3 Å². The van der Waals surface area contributed by atoms with Gasteiger partial charge in [-0.25, -0.2) is 0 Å². The molecule has 0 bridgehead atoms. The van der Waals surface area contributed by atoms with Gasteiger partial charge in [0.05, 0.1) is 0 Å². The van der Waals surface area contributed by atoms with E-state index in [1.54, 1.807) is 11.3 Å². The Labute approximate surface area is 93.1 Å². The lowest BCUT2D eigenvalue weighted by molar-refractivity contribution is -0.640. The van der Waals surface area contributed by atoms with Gasteiger partial charge in [-0.1, -0.05) is 23.5 Å². The third kappa shape index (κ3) is 1.47. The summed E-state index contributed by atoms with van der Waals surface area (Å²) in [6.07, 6.45) is 0. The molecule has 0 aliphatic carbocycles. The second kappa shape index (κ2) is 3.70. The van der Waals surface area contributed by atoms with Crippen molar-refractivity contribution in [3.63, 3.8) is 0 Å². The highest BCUT2D eigenvalue weighted by molar-refractivity contribution is 7.16. The average Bonchev–Trinajstić information content (AvgIpc) is 2.34. The van der Waals surface area contributed by atoms with E-state index >= 15 is 0 Å². The van der Waals surface area contributed by atoms with Crippen LogP contribution in [0.1, 0.15) is 5.56 Å². The molecule has 12 heavy (non-hydrogen) atoms. The van der Waals surface area contributed by atoms with Crippen LogP contribution in [0.3, 0.4) is 0 Å². The van der Waals surface area contributed by atoms with Gasteiger partial charge >= 0.3 is 0 Å². The molecule has 0 atom stereocenters. The lowest BCUT2D eigenvalue weighted by Crippen LogP contribution is -3.00. The Morgan fingerprint density at radius 2 is 2.08 bits per heavy atom. The maximum Gasteiger partial charge on any atom is 0.226 e. The number of fused-ring (bicyclic) bond motifs is 1. The quantitative estimate of drug-likeness (QED) is 0.435. The van der Waals surface area contributed by atoms with Crippen LogP contribution in [-0.2, 0) is 7.05 Å². The summed E-state index contributed by atoms with van der Waals surface area (Å²) in [6.45, 7) is 2.15. The number of hydrogen-bond acceptors (Lipinski definition) is 1. The van der Waals surface area contributed by atoms with Crippen LogP contribution in [0.5, 0.6) is 0 Å². The fourth-order valence-electron chi connectivity index (χ4n) is 1.37. The van der Waals surface area contributed by atoms with Gasteiger partial charge in [0, 0.05) is 5.56 Å². The topological polar surface area (TPSA) is 3.88 Å². The molecule has 3 heteroatoms. The fourth-order valence-corrected chi connectivity index (χ4v) is 2.32. The molecule has 1 nitrogen and oxygen atoms in total. The minimum atomic E-state index is 0. The van der Waals surface area contributed by atoms with E-state index in [0.29, 0.717) is 0 Å². The first-order valence-corrected chi connectivity index (χ1v) is 4.49. The van der Waals surface area contributed by atoms with E-state index in [1.807, 2.05) is 0 Å². The maximum atomic E-state index is 2.18. The Hall–Kier alpha value is -0.160. The van der Waals surface area contributed by atoms with Crippen molar-refractivity contribution in [3.8, 4) is 0 Å². The van der Waals surface area contributed by atoms with Gasteiger partial charge in [-0.15, -0.1) is 0 Å². The maximum absolute atomic E-state index is 2.18. The van der Waals surface area contributed by atoms with Crippen LogP contribution in [0.25, 0.3) is 10.2 Å². The summed E-state index contributed by atoms with van der Waals surface area (Å²) in [5.41, 5.74) is 4.85. The van der Waals surface area contributed by atoms with Gasteiger partial charge in [-0.2, -0.15) is 4.57 Å². The fraction of sp³-hybridized carbons (Fsp3) is 0.222. The minimum absolute atomic E-state index is 0. The van der Waals surface area contributed by atoms with Crippen LogP contribution in [-0.4, -0.2) is 0 Å². The van der Waals surface area contributed by atoms with Crippen LogP contribution < -0.4 is 28.5 Å². The molecule has 64 valence electrons.